The number of hydrogen-bond donors (Lipinski definition) is 0. The molecule has 0 aromatic rings. The van der Waals surface area contributed by atoms with Gasteiger partial charge < -0.3 is 4.74 Å². The van der Waals surface area contributed by atoms with Crippen molar-refractivity contribution in [2.75, 3.05) is 0 Å². The summed E-state index contributed by atoms with van der Waals surface area (Å²) >= 11 is 0. The Hall–Kier alpha value is -0.530. The summed E-state index contributed by atoms with van der Waals surface area (Å²) in [6.45, 7) is 12.6. The van der Waals surface area contributed by atoms with Gasteiger partial charge in [0.2, 0.25) is 0 Å². The van der Waals surface area contributed by atoms with Crippen molar-refractivity contribution in [2.45, 2.75) is 72.8 Å². The lowest BCUT2D eigenvalue weighted by molar-refractivity contribution is -0.170. The third-order valence-electron chi connectivity index (χ3n) is 4.91. The van der Waals surface area contributed by atoms with Gasteiger partial charge in [-0.05, 0) is 43.9 Å². The van der Waals surface area contributed by atoms with Gasteiger partial charge in [-0.15, -0.1) is 0 Å². The number of hydrogen-bond acceptors (Lipinski definition) is 2. The Kier molecular flexibility index (Phi) is 5.24. The van der Waals surface area contributed by atoms with Gasteiger partial charge in [-0.3, -0.25) is 4.79 Å². The smallest absolute Gasteiger partial charge is 0.308 e. The Morgan fingerprint density at radius 1 is 1.33 bits per heavy atom. The molecule has 0 bridgehead atoms. The summed E-state index contributed by atoms with van der Waals surface area (Å²) in [5, 5.41) is 0. The first-order valence-electron chi connectivity index (χ1n) is 7.53. The van der Waals surface area contributed by atoms with Crippen molar-refractivity contribution in [3.8, 4) is 0 Å². The summed E-state index contributed by atoms with van der Waals surface area (Å²) in [4.78, 5) is 11.9. The molecule has 0 radical (unpaired) electrons. The zero-order valence-electron chi connectivity index (χ0n) is 13.0. The summed E-state index contributed by atoms with van der Waals surface area (Å²) in [6, 6.07) is 0. The molecular weight excluding hydrogens is 224 g/mol. The van der Waals surface area contributed by atoms with Gasteiger partial charge in [-0.25, -0.2) is 0 Å². The van der Waals surface area contributed by atoms with E-state index in [9.17, 15) is 4.79 Å². The topological polar surface area (TPSA) is 26.3 Å². The Labute approximate surface area is 112 Å². The molecule has 0 aromatic carbocycles. The van der Waals surface area contributed by atoms with Gasteiger partial charge in [0.1, 0.15) is 5.60 Å². The van der Waals surface area contributed by atoms with E-state index < -0.39 is 0 Å². The van der Waals surface area contributed by atoms with Crippen LogP contribution in [0.15, 0.2) is 0 Å². The Morgan fingerprint density at radius 2 is 1.94 bits per heavy atom. The van der Waals surface area contributed by atoms with E-state index >= 15 is 0 Å². The highest BCUT2D eigenvalue weighted by molar-refractivity contribution is 5.72. The molecule has 0 aliphatic heterocycles. The van der Waals surface area contributed by atoms with E-state index in [-0.39, 0.29) is 17.5 Å². The van der Waals surface area contributed by atoms with Crippen molar-refractivity contribution in [2.24, 2.45) is 23.7 Å². The molecule has 1 rings (SSSR count). The molecule has 1 aliphatic carbocycles. The van der Waals surface area contributed by atoms with Crippen LogP contribution in [-0.4, -0.2) is 11.6 Å². The van der Waals surface area contributed by atoms with Crippen LogP contribution in [0.2, 0.25) is 0 Å². The van der Waals surface area contributed by atoms with Crippen LogP contribution in [0, 0.1) is 23.7 Å². The van der Waals surface area contributed by atoms with E-state index in [0.29, 0.717) is 11.8 Å². The second-order valence-corrected chi connectivity index (χ2v) is 6.71. The summed E-state index contributed by atoms with van der Waals surface area (Å²) in [7, 11) is 0. The van der Waals surface area contributed by atoms with Gasteiger partial charge in [0.15, 0.2) is 0 Å². The fourth-order valence-electron chi connectivity index (χ4n) is 3.04. The minimum absolute atomic E-state index is 0.0365. The van der Waals surface area contributed by atoms with E-state index in [1.165, 1.54) is 19.3 Å². The Morgan fingerprint density at radius 3 is 2.33 bits per heavy atom. The molecule has 0 saturated heterocycles. The normalized spacial score (nSPS) is 29.1. The van der Waals surface area contributed by atoms with E-state index in [2.05, 4.69) is 27.7 Å². The van der Waals surface area contributed by atoms with Gasteiger partial charge in [-0.1, -0.05) is 41.0 Å². The Bertz CT molecular complexity index is 285. The quantitative estimate of drug-likeness (QED) is 0.679. The van der Waals surface area contributed by atoms with E-state index in [4.69, 9.17) is 4.74 Å². The molecular formula is C16H30O2. The summed E-state index contributed by atoms with van der Waals surface area (Å²) in [5.74, 6) is 1.90. The molecule has 106 valence electrons. The number of esters is 1. The van der Waals surface area contributed by atoms with Crippen LogP contribution in [0.4, 0.5) is 0 Å². The van der Waals surface area contributed by atoms with E-state index in [0.717, 1.165) is 12.3 Å². The molecule has 4 unspecified atom stereocenters. The first-order valence-corrected chi connectivity index (χ1v) is 7.53. The van der Waals surface area contributed by atoms with Crippen molar-refractivity contribution >= 4 is 5.97 Å². The number of carbonyl (C=O) groups excluding carboxylic acids is 1. The Balaban J connectivity index is 2.70. The van der Waals surface area contributed by atoms with Crippen LogP contribution in [-0.2, 0) is 9.53 Å². The fourth-order valence-corrected chi connectivity index (χ4v) is 3.04. The lowest BCUT2D eigenvalue weighted by Crippen LogP contribution is -2.42. The maximum absolute atomic E-state index is 11.9. The minimum Gasteiger partial charge on any atom is -0.459 e. The predicted octanol–water partition coefficient (Wildman–Crippen LogP) is 4.43. The van der Waals surface area contributed by atoms with E-state index in [1.807, 2.05) is 13.8 Å². The third-order valence-corrected chi connectivity index (χ3v) is 4.91. The van der Waals surface area contributed by atoms with Crippen LogP contribution in [0.5, 0.6) is 0 Å². The lowest BCUT2D eigenvalue weighted by atomic mass is 9.77. The van der Waals surface area contributed by atoms with Gasteiger partial charge in [0.25, 0.3) is 0 Å². The zero-order chi connectivity index (χ0) is 13.9. The van der Waals surface area contributed by atoms with Crippen molar-refractivity contribution in [3.05, 3.63) is 0 Å². The molecule has 0 spiro atoms. The number of ether oxygens (including phenoxy) is 1. The van der Waals surface area contributed by atoms with Crippen molar-refractivity contribution in [1.82, 2.24) is 0 Å². The summed E-state index contributed by atoms with van der Waals surface area (Å²) < 4.78 is 5.82. The highest BCUT2D eigenvalue weighted by Gasteiger charge is 2.40. The average molecular weight is 254 g/mol. The molecule has 1 aliphatic rings. The molecule has 0 N–H and O–H groups in total. The predicted molar refractivity (Wildman–Crippen MR) is 75.3 cm³/mol. The molecule has 4 atom stereocenters. The average Bonchev–Trinajstić information content (AvgIpc) is 2.74. The summed E-state index contributed by atoms with van der Waals surface area (Å²) in [6.07, 6.45) is 4.80. The van der Waals surface area contributed by atoms with Gasteiger partial charge in [0.05, 0.1) is 5.92 Å². The highest BCUT2D eigenvalue weighted by Crippen LogP contribution is 2.42. The van der Waals surface area contributed by atoms with Crippen molar-refractivity contribution in [1.29, 1.82) is 0 Å². The van der Waals surface area contributed by atoms with Crippen molar-refractivity contribution in [3.63, 3.8) is 0 Å². The second-order valence-electron chi connectivity index (χ2n) is 6.71. The first kappa shape index (κ1) is 15.5. The number of rotatable bonds is 5. The molecule has 0 amide bonds. The number of carbonyl (C=O) groups is 1. The standard InChI is InChI=1S/C16H30O2/c1-7-16(6,18-15(17)11(2)3)13(5)14-9-8-12(4)10-14/h11-14H,7-10H2,1-6H3. The highest BCUT2D eigenvalue weighted by atomic mass is 16.6. The monoisotopic (exact) mass is 254 g/mol. The fraction of sp³-hybridized carbons (Fsp3) is 0.938. The molecule has 1 fully saturated rings. The maximum atomic E-state index is 11.9. The zero-order valence-corrected chi connectivity index (χ0v) is 13.0. The van der Waals surface area contributed by atoms with Crippen LogP contribution >= 0.6 is 0 Å². The molecule has 2 nitrogen and oxygen atoms in total. The molecule has 18 heavy (non-hydrogen) atoms. The molecule has 0 aromatic heterocycles. The van der Waals surface area contributed by atoms with Crippen LogP contribution in [0.3, 0.4) is 0 Å². The molecule has 1 saturated carbocycles. The largest absolute Gasteiger partial charge is 0.459 e. The van der Waals surface area contributed by atoms with E-state index in [1.54, 1.807) is 0 Å². The second kappa shape index (κ2) is 6.08. The summed E-state index contributed by atoms with van der Waals surface area (Å²) in [5.41, 5.74) is -0.296. The molecule has 0 heterocycles. The van der Waals surface area contributed by atoms with Crippen LogP contribution in [0.25, 0.3) is 0 Å². The molecule has 2 heteroatoms. The van der Waals surface area contributed by atoms with Crippen molar-refractivity contribution < 1.29 is 9.53 Å². The van der Waals surface area contributed by atoms with Gasteiger partial charge in [0, 0.05) is 0 Å². The minimum atomic E-state index is -0.296. The van der Waals surface area contributed by atoms with Crippen LogP contribution in [0.1, 0.15) is 67.2 Å². The lowest BCUT2D eigenvalue weighted by Gasteiger charge is -2.38. The van der Waals surface area contributed by atoms with Gasteiger partial charge >= 0.3 is 5.97 Å². The third kappa shape index (κ3) is 3.49. The van der Waals surface area contributed by atoms with Gasteiger partial charge in [-0.2, -0.15) is 0 Å². The first-order chi connectivity index (χ1) is 8.30. The van der Waals surface area contributed by atoms with Crippen LogP contribution < -0.4 is 0 Å². The maximum Gasteiger partial charge on any atom is 0.308 e. The SMILES string of the molecule is CCC(C)(OC(=O)C(C)C)C(C)C1CCC(C)C1.